The van der Waals surface area contributed by atoms with Crippen LogP contribution in [0.5, 0.6) is 0 Å². The number of nitrogens with zero attached hydrogens (tertiary/aromatic N) is 1. The van der Waals surface area contributed by atoms with E-state index in [0.29, 0.717) is 11.7 Å². The van der Waals surface area contributed by atoms with Gasteiger partial charge in [0.25, 0.3) is 0 Å². The van der Waals surface area contributed by atoms with Crippen LogP contribution in [0.15, 0.2) is 12.1 Å². The Bertz CT molecular complexity index is 444. The molecule has 0 unspecified atom stereocenters. The summed E-state index contributed by atoms with van der Waals surface area (Å²) in [5, 5.41) is 0. The second kappa shape index (κ2) is 6.96. The summed E-state index contributed by atoms with van der Waals surface area (Å²) in [6, 6.07) is 4.39. The molecule has 1 fully saturated rings. The Balaban J connectivity index is 2.22. The molecule has 112 valence electrons. The summed E-state index contributed by atoms with van der Waals surface area (Å²) in [5.74, 6) is 0.562. The Hall–Kier alpha value is -1.25. The van der Waals surface area contributed by atoms with E-state index in [0.717, 1.165) is 18.8 Å². The number of carbonyl (C=O) groups is 1. The van der Waals surface area contributed by atoms with E-state index in [1.54, 1.807) is 0 Å². The Kier molecular flexibility index (Phi) is 5.27. The van der Waals surface area contributed by atoms with Crippen LogP contribution in [0.3, 0.4) is 0 Å². The lowest BCUT2D eigenvalue weighted by molar-refractivity contribution is 0.0585. The van der Waals surface area contributed by atoms with E-state index >= 15 is 0 Å². The van der Waals surface area contributed by atoms with E-state index in [1.165, 1.54) is 44.9 Å². The van der Waals surface area contributed by atoms with Gasteiger partial charge in [0.05, 0.1) is 7.11 Å². The van der Waals surface area contributed by atoms with Crippen molar-refractivity contribution in [3.8, 4) is 0 Å². The Morgan fingerprint density at radius 2 is 2.05 bits per heavy atom. The molecule has 0 aromatic carbocycles. The number of carbonyl (C=O) groups excluding carboxylic acids is 1. The number of ether oxygens (including phenoxy) is 1. The zero-order valence-corrected chi connectivity index (χ0v) is 13.0. The molecule has 0 aliphatic heterocycles. The van der Waals surface area contributed by atoms with Gasteiger partial charge in [-0.05, 0) is 37.8 Å². The highest BCUT2D eigenvalue weighted by Gasteiger charge is 2.21. The first kappa shape index (κ1) is 15.1. The molecule has 0 spiro atoms. The van der Waals surface area contributed by atoms with Crippen LogP contribution in [-0.4, -0.2) is 17.6 Å². The number of aromatic nitrogens is 1. The summed E-state index contributed by atoms with van der Waals surface area (Å²) in [5.41, 5.74) is 2.00. The van der Waals surface area contributed by atoms with E-state index in [1.807, 2.05) is 6.07 Å². The van der Waals surface area contributed by atoms with Crippen molar-refractivity contribution in [2.75, 3.05) is 7.11 Å². The Morgan fingerprint density at radius 3 is 2.65 bits per heavy atom. The number of methoxy groups -OCH3 is 1. The minimum Gasteiger partial charge on any atom is -0.464 e. The lowest BCUT2D eigenvalue weighted by Gasteiger charge is -2.24. The van der Waals surface area contributed by atoms with Crippen molar-refractivity contribution in [3.63, 3.8) is 0 Å². The predicted octanol–water partition coefficient (Wildman–Crippen LogP) is 4.37. The molecule has 0 bridgehead atoms. The third kappa shape index (κ3) is 3.25. The third-order valence-corrected chi connectivity index (χ3v) is 4.65. The van der Waals surface area contributed by atoms with Gasteiger partial charge in [-0.1, -0.05) is 39.0 Å². The predicted molar refractivity (Wildman–Crippen MR) is 81.1 cm³/mol. The summed E-state index contributed by atoms with van der Waals surface area (Å²) in [7, 11) is 1.46. The van der Waals surface area contributed by atoms with Gasteiger partial charge in [-0.15, -0.1) is 0 Å². The molecule has 1 aromatic rings. The van der Waals surface area contributed by atoms with Crippen LogP contribution in [0.25, 0.3) is 0 Å². The van der Waals surface area contributed by atoms with Crippen LogP contribution in [-0.2, 0) is 11.2 Å². The second-order valence-electron chi connectivity index (χ2n) is 6.04. The van der Waals surface area contributed by atoms with Crippen LogP contribution in [0, 0.1) is 5.92 Å². The van der Waals surface area contributed by atoms with Crippen molar-refractivity contribution in [2.24, 2.45) is 5.92 Å². The molecule has 0 radical (unpaired) electrons. The van der Waals surface area contributed by atoms with Crippen molar-refractivity contribution in [2.45, 2.75) is 64.8 Å². The topological polar surface area (TPSA) is 31.2 Å². The summed E-state index contributed by atoms with van der Waals surface area (Å²) >= 11 is 0. The molecular formula is C17H27NO2. The first-order valence-corrected chi connectivity index (χ1v) is 7.95. The molecule has 1 aromatic heterocycles. The maximum atomic E-state index is 11.9. The van der Waals surface area contributed by atoms with Gasteiger partial charge in [0.15, 0.2) is 0 Å². The maximum absolute atomic E-state index is 11.9. The van der Waals surface area contributed by atoms with Gasteiger partial charge in [-0.2, -0.15) is 0 Å². The Morgan fingerprint density at radius 1 is 1.35 bits per heavy atom. The van der Waals surface area contributed by atoms with Gasteiger partial charge in [-0.25, -0.2) is 4.79 Å². The van der Waals surface area contributed by atoms with E-state index in [2.05, 4.69) is 24.5 Å². The maximum Gasteiger partial charge on any atom is 0.354 e. The summed E-state index contributed by atoms with van der Waals surface area (Å²) in [6.45, 7) is 4.34. The summed E-state index contributed by atoms with van der Waals surface area (Å²) in [4.78, 5) is 11.9. The quantitative estimate of drug-likeness (QED) is 0.748. The number of rotatable bonds is 5. The molecule has 2 rings (SSSR count). The van der Waals surface area contributed by atoms with Crippen molar-refractivity contribution < 1.29 is 9.53 Å². The summed E-state index contributed by atoms with van der Waals surface area (Å²) in [6.07, 6.45) is 8.89. The van der Waals surface area contributed by atoms with Crippen molar-refractivity contribution in [1.29, 1.82) is 0 Å². The Labute approximate surface area is 122 Å². The molecular weight excluding hydrogens is 250 g/mol. The largest absolute Gasteiger partial charge is 0.464 e. The average molecular weight is 277 g/mol. The SMILES string of the molecule is CC[C@@H](C)n1c(CC2CCCCC2)ccc1C(=O)OC. The molecule has 1 heterocycles. The van der Waals surface area contributed by atoms with Crippen LogP contribution < -0.4 is 0 Å². The molecule has 1 aliphatic rings. The fourth-order valence-electron chi connectivity index (χ4n) is 3.32. The van der Waals surface area contributed by atoms with Gasteiger partial charge in [0, 0.05) is 11.7 Å². The van der Waals surface area contributed by atoms with E-state index in [-0.39, 0.29) is 5.97 Å². The molecule has 0 amide bonds. The monoisotopic (exact) mass is 277 g/mol. The molecule has 0 N–H and O–H groups in total. The highest BCUT2D eigenvalue weighted by molar-refractivity contribution is 5.87. The van der Waals surface area contributed by atoms with Crippen LogP contribution in [0.4, 0.5) is 0 Å². The molecule has 1 saturated carbocycles. The van der Waals surface area contributed by atoms with Crippen molar-refractivity contribution in [3.05, 3.63) is 23.5 Å². The zero-order valence-electron chi connectivity index (χ0n) is 13.0. The molecule has 1 aliphatic carbocycles. The minimum absolute atomic E-state index is 0.222. The van der Waals surface area contributed by atoms with E-state index in [9.17, 15) is 4.79 Å². The van der Waals surface area contributed by atoms with Crippen molar-refractivity contribution in [1.82, 2.24) is 4.57 Å². The van der Waals surface area contributed by atoms with Crippen LogP contribution in [0.1, 0.15) is 74.6 Å². The summed E-state index contributed by atoms with van der Waals surface area (Å²) < 4.78 is 7.11. The number of hydrogen-bond donors (Lipinski definition) is 0. The van der Waals surface area contributed by atoms with Crippen LogP contribution in [0.2, 0.25) is 0 Å². The van der Waals surface area contributed by atoms with Gasteiger partial charge >= 0.3 is 5.97 Å². The van der Waals surface area contributed by atoms with Gasteiger partial charge in [0.1, 0.15) is 5.69 Å². The first-order valence-electron chi connectivity index (χ1n) is 7.95. The van der Waals surface area contributed by atoms with E-state index in [4.69, 9.17) is 4.74 Å². The standard InChI is InChI=1S/C17H27NO2/c1-4-13(2)18-15(10-11-16(18)17(19)20-3)12-14-8-6-5-7-9-14/h10-11,13-14H,4-9,12H2,1-3H3/t13-/m1/s1. The van der Waals surface area contributed by atoms with Gasteiger partial charge in [-0.3, -0.25) is 0 Å². The van der Waals surface area contributed by atoms with E-state index < -0.39 is 0 Å². The second-order valence-corrected chi connectivity index (χ2v) is 6.04. The zero-order chi connectivity index (χ0) is 14.5. The normalized spacial score (nSPS) is 17.9. The fraction of sp³-hybridized carbons (Fsp3) is 0.706. The smallest absolute Gasteiger partial charge is 0.354 e. The van der Waals surface area contributed by atoms with Gasteiger partial charge < -0.3 is 9.30 Å². The van der Waals surface area contributed by atoms with Crippen LogP contribution >= 0.6 is 0 Å². The fourth-order valence-corrected chi connectivity index (χ4v) is 3.32. The highest BCUT2D eigenvalue weighted by Crippen LogP contribution is 2.29. The molecule has 1 atom stereocenters. The minimum atomic E-state index is -0.222. The van der Waals surface area contributed by atoms with Crippen molar-refractivity contribution >= 4 is 5.97 Å². The average Bonchev–Trinajstić information content (AvgIpc) is 2.90. The molecule has 20 heavy (non-hydrogen) atoms. The molecule has 3 nitrogen and oxygen atoms in total. The third-order valence-electron chi connectivity index (χ3n) is 4.65. The number of hydrogen-bond acceptors (Lipinski definition) is 2. The molecule has 3 heteroatoms. The first-order chi connectivity index (χ1) is 9.67. The lowest BCUT2D eigenvalue weighted by Crippen LogP contribution is -2.18. The highest BCUT2D eigenvalue weighted by atomic mass is 16.5. The number of esters is 1. The lowest BCUT2D eigenvalue weighted by atomic mass is 9.86. The molecule has 0 saturated heterocycles. The van der Waals surface area contributed by atoms with Gasteiger partial charge in [0.2, 0.25) is 0 Å².